The molecule has 0 radical (unpaired) electrons. The van der Waals surface area contributed by atoms with Crippen molar-refractivity contribution in [3.63, 3.8) is 0 Å². The fourth-order valence-corrected chi connectivity index (χ4v) is 4.53. The van der Waals surface area contributed by atoms with Crippen LogP contribution in [0, 0.1) is 0 Å². The molecule has 0 N–H and O–H groups in total. The number of hydrogen-bond acceptors (Lipinski definition) is 5. The molecule has 2 aromatic carbocycles. The molecule has 1 aromatic heterocycles. The van der Waals surface area contributed by atoms with Crippen LogP contribution < -0.4 is 0 Å². The van der Waals surface area contributed by atoms with Gasteiger partial charge >= 0.3 is 0 Å². The van der Waals surface area contributed by atoms with Crippen molar-refractivity contribution in [3.8, 4) is 11.4 Å². The van der Waals surface area contributed by atoms with Crippen LogP contribution in [-0.2, 0) is 16.1 Å². The van der Waals surface area contributed by atoms with E-state index in [1.54, 1.807) is 0 Å². The van der Waals surface area contributed by atoms with Gasteiger partial charge in [0.2, 0.25) is 5.91 Å². The maximum atomic E-state index is 12.9. The van der Waals surface area contributed by atoms with Crippen LogP contribution in [0.4, 0.5) is 0 Å². The number of thioether (sulfide) groups is 1. The molecule has 8 heteroatoms. The van der Waals surface area contributed by atoms with Gasteiger partial charge in [0, 0.05) is 18.7 Å². The SMILES string of the molecule is CC(Sc1nnc(-c2ccccc2Cl)n1Cc1ccccc1)C(=O)N1CCOCC1. The minimum atomic E-state index is -0.277. The predicted molar refractivity (Wildman–Crippen MR) is 119 cm³/mol. The number of hydrogen-bond donors (Lipinski definition) is 0. The smallest absolute Gasteiger partial charge is 0.236 e. The zero-order valence-corrected chi connectivity index (χ0v) is 18.3. The van der Waals surface area contributed by atoms with E-state index in [4.69, 9.17) is 16.3 Å². The molecule has 0 saturated carbocycles. The van der Waals surface area contributed by atoms with Gasteiger partial charge in [-0.2, -0.15) is 0 Å². The topological polar surface area (TPSA) is 60.2 Å². The van der Waals surface area contributed by atoms with E-state index in [1.165, 1.54) is 11.8 Å². The molecule has 2 heterocycles. The van der Waals surface area contributed by atoms with Crippen LogP contribution in [0.5, 0.6) is 0 Å². The average molecular weight is 443 g/mol. The van der Waals surface area contributed by atoms with Crippen LogP contribution in [-0.4, -0.2) is 57.1 Å². The predicted octanol–water partition coefficient (Wildman–Crippen LogP) is 3.99. The standard InChI is InChI=1S/C22H23ClN4O2S/c1-16(21(28)26-11-13-29-14-12-26)30-22-25-24-20(18-9-5-6-10-19(18)23)27(22)15-17-7-3-2-4-8-17/h2-10,16H,11-15H2,1H3. The molecule has 156 valence electrons. The fraction of sp³-hybridized carbons (Fsp3) is 0.318. The van der Waals surface area contributed by atoms with Crippen molar-refractivity contribution >= 4 is 29.3 Å². The Kier molecular flexibility index (Phi) is 6.72. The molecule has 1 fully saturated rings. The monoisotopic (exact) mass is 442 g/mol. The van der Waals surface area contributed by atoms with E-state index in [-0.39, 0.29) is 11.2 Å². The van der Waals surface area contributed by atoms with Gasteiger partial charge in [-0.15, -0.1) is 10.2 Å². The van der Waals surface area contributed by atoms with Crippen molar-refractivity contribution < 1.29 is 9.53 Å². The highest BCUT2D eigenvalue weighted by atomic mass is 35.5. The molecule has 1 aliphatic heterocycles. The van der Waals surface area contributed by atoms with Gasteiger partial charge in [0.1, 0.15) is 0 Å². The van der Waals surface area contributed by atoms with Crippen LogP contribution in [0.1, 0.15) is 12.5 Å². The Morgan fingerprint density at radius 1 is 1.10 bits per heavy atom. The first-order valence-electron chi connectivity index (χ1n) is 9.88. The molecule has 1 unspecified atom stereocenters. The lowest BCUT2D eigenvalue weighted by atomic mass is 10.2. The van der Waals surface area contributed by atoms with Crippen molar-refractivity contribution in [2.24, 2.45) is 0 Å². The molecule has 0 spiro atoms. The average Bonchev–Trinajstić information content (AvgIpc) is 3.16. The first-order valence-corrected chi connectivity index (χ1v) is 11.1. The molecule has 0 aliphatic carbocycles. The van der Waals surface area contributed by atoms with E-state index >= 15 is 0 Å². The Hall–Kier alpha value is -2.35. The van der Waals surface area contributed by atoms with Gasteiger partial charge < -0.3 is 9.64 Å². The van der Waals surface area contributed by atoms with E-state index in [9.17, 15) is 4.79 Å². The molecule has 1 saturated heterocycles. The summed E-state index contributed by atoms with van der Waals surface area (Å²) in [5.74, 6) is 0.787. The number of carbonyl (C=O) groups excluding carboxylic acids is 1. The lowest BCUT2D eigenvalue weighted by Crippen LogP contribution is -2.44. The van der Waals surface area contributed by atoms with Crippen LogP contribution in [0.15, 0.2) is 59.8 Å². The summed E-state index contributed by atoms with van der Waals surface area (Å²) in [6, 6.07) is 17.7. The first-order chi connectivity index (χ1) is 14.6. The van der Waals surface area contributed by atoms with Gasteiger partial charge in [-0.25, -0.2) is 0 Å². The number of aromatic nitrogens is 3. The summed E-state index contributed by atoms with van der Waals surface area (Å²) in [6.45, 7) is 4.94. The molecule has 3 aromatic rings. The second kappa shape index (κ2) is 9.64. The van der Waals surface area contributed by atoms with Crippen LogP contribution in [0.2, 0.25) is 5.02 Å². The van der Waals surface area contributed by atoms with Gasteiger partial charge in [0.15, 0.2) is 11.0 Å². The van der Waals surface area contributed by atoms with Gasteiger partial charge in [-0.3, -0.25) is 9.36 Å². The second-order valence-electron chi connectivity index (χ2n) is 7.06. The van der Waals surface area contributed by atoms with Gasteiger partial charge in [-0.05, 0) is 24.6 Å². The highest BCUT2D eigenvalue weighted by Crippen LogP contribution is 2.31. The van der Waals surface area contributed by atoms with Crippen LogP contribution >= 0.6 is 23.4 Å². The normalized spacial score (nSPS) is 15.2. The molecule has 30 heavy (non-hydrogen) atoms. The third-order valence-corrected chi connectivity index (χ3v) is 6.37. The summed E-state index contributed by atoms with van der Waals surface area (Å²) in [5.41, 5.74) is 1.95. The number of ether oxygens (including phenoxy) is 1. The lowest BCUT2D eigenvalue weighted by molar-refractivity contribution is -0.134. The number of amides is 1. The zero-order valence-electron chi connectivity index (χ0n) is 16.7. The van der Waals surface area contributed by atoms with E-state index < -0.39 is 0 Å². The fourth-order valence-electron chi connectivity index (χ4n) is 3.38. The summed E-state index contributed by atoms with van der Waals surface area (Å²) in [7, 11) is 0. The summed E-state index contributed by atoms with van der Waals surface area (Å²) in [4.78, 5) is 14.7. The molecule has 0 bridgehead atoms. The largest absolute Gasteiger partial charge is 0.378 e. The van der Waals surface area contributed by atoms with E-state index in [2.05, 4.69) is 22.3 Å². The highest BCUT2D eigenvalue weighted by molar-refractivity contribution is 8.00. The summed E-state index contributed by atoms with van der Waals surface area (Å²) >= 11 is 7.87. The Bertz CT molecular complexity index is 1010. The number of halogens is 1. The van der Waals surface area contributed by atoms with E-state index in [1.807, 2.05) is 58.9 Å². The molecule has 1 aliphatic rings. The number of carbonyl (C=O) groups is 1. The summed E-state index contributed by atoms with van der Waals surface area (Å²) < 4.78 is 7.39. The van der Waals surface area contributed by atoms with E-state index in [0.29, 0.717) is 48.9 Å². The van der Waals surface area contributed by atoms with Crippen molar-refractivity contribution in [2.75, 3.05) is 26.3 Å². The van der Waals surface area contributed by atoms with Crippen LogP contribution in [0.25, 0.3) is 11.4 Å². The van der Waals surface area contributed by atoms with Gasteiger partial charge in [0.05, 0.1) is 30.0 Å². The third kappa shape index (κ3) is 4.69. The Morgan fingerprint density at radius 3 is 2.53 bits per heavy atom. The number of morpholine rings is 1. The molecule has 1 atom stereocenters. The maximum Gasteiger partial charge on any atom is 0.236 e. The molecule has 4 rings (SSSR count). The molecular weight excluding hydrogens is 420 g/mol. The van der Waals surface area contributed by atoms with Crippen molar-refractivity contribution in [3.05, 3.63) is 65.2 Å². The van der Waals surface area contributed by atoms with E-state index in [0.717, 1.165) is 11.1 Å². The minimum absolute atomic E-state index is 0.0943. The van der Waals surface area contributed by atoms with Crippen molar-refractivity contribution in [2.45, 2.75) is 23.9 Å². The minimum Gasteiger partial charge on any atom is -0.378 e. The van der Waals surface area contributed by atoms with Crippen LogP contribution in [0.3, 0.4) is 0 Å². The molecule has 1 amide bonds. The highest BCUT2D eigenvalue weighted by Gasteiger charge is 2.26. The number of benzene rings is 2. The van der Waals surface area contributed by atoms with Crippen molar-refractivity contribution in [1.82, 2.24) is 19.7 Å². The van der Waals surface area contributed by atoms with Gasteiger partial charge in [0.25, 0.3) is 0 Å². The Morgan fingerprint density at radius 2 is 1.80 bits per heavy atom. The van der Waals surface area contributed by atoms with Gasteiger partial charge in [-0.1, -0.05) is 65.8 Å². The lowest BCUT2D eigenvalue weighted by Gasteiger charge is -2.28. The summed E-state index contributed by atoms with van der Waals surface area (Å²) in [5, 5.41) is 9.89. The molecule has 6 nitrogen and oxygen atoms in total. The summed E-state index contributed by atoms with van der Waals surface area (Å²) in [6.07, 6.45) is 0. The number of rotatable bonds is 6. The first kappa shape index (κ1) is 20.9. The zero-order chi connectivity index (χ0) is 20.9. The number of nitrogens with zero attached hydrogens (tertiary/aromatic N) is 4. The maximum absolute atomic E-state index is 12.9. The Balaban J connectivity index is 1.63. The quantitative estimate of drug-likeness (QED) is 0.540. The van der Waals surface area contributed by atoms with Crippen molar-refractivity contribution in [1.29, 1.82) is 0 Å². The Labute approximate surface area is 185 Å². The molecular formula is C22H23ClN4O2S. The third-order valence-electron chi connectivity index (χ3n) is 4.97. The second-order valence-corrected chi connectivity index (χ2v) is 8.77.